The van der Waals surface area contributed by atoms with Crippen molar-refractivity contribution in [2.45, 2.75) is 76.4 Å². The third-order valence-corrected chi connectivity index (χ3v) is 9.18. The molecule has 0 aromatic heterocycles. The number of hydrogen-bond donors (Lipinski definition) is 1. The third kappa shape index (κ3) is 42.7. The summed E-state index contributed by atoms with van der Waals surface area (Å²) in [5.74, 6) is 0. The van der Waals surface area contributed by atoms with Crippen LogP contribution in [0.5, 0.6) is 0 Å². The van der Waals surface area contributed by atoms with Crippen LogP contribution in [0.4, 0.5) is 0 Å². The van der Waals surface area contributed by atoms with Gasteiger partial charge in [-0.2, -0.15) is 0 Å². The Morgan fingerprint density at radius 3 is 1.75 bits per heavy atom. The Morgan fingerprint density at radius 2 is 1.45 bits per heavy atom. The average molecular weight is 412 g/mol. The Bertz CT molecular complexity index is 134. The van der Waals surface area contributed by atoms with E-state index in [1.807, 2.05) is 25.6 Å². The van der Waals surface area contributed by atoms with Crippen LogP contribution in [-0.4, -0.2) is 49.9 Å². The molecule has 0 saturated carbocycles. The van der Waals surface area contributed by atoms with Gasteiger partial charge < -0.3 is 10.2 Å². The number of rotatable bonds is 9. The summed E-state index contributed by atoms with van der Waals surface area (Å²) in [5.41, 5.74) is 5.38. The predicted octanol–water partition coefficient (Wildman–Crippen LogP) is 1.85. The van der Waals surface area contributed by atoms with E-state index in [2.05, 4.69) is 6.26 Å². The molecule has 0 aliphatic carbocycles. The van der Waals surface area contributed by atoms with Gasteiger partial charge in [0.1, 0.15) is 0 Å². The van der Waals surface area contributed by atoms with Gasteiger partial charge in [0.05, 0.1) is 0 Å². The van der Waals surface area contributed by atoms with Crippen molar-refractivity contribution in [3.63, 3.8) is 0 Å². The first-order chi connectivity index (χ1) is 9.45. The zero-order valence-electron chi connectivity index (χ0n) is 14.1. The van der Waals surface area contributed by atoms with Crippen LogP contribution in [-0.2, 0) is 0 Å². The normalized spacial score (nSPS) is 12.2. The second kappa shape index (κ2) is 25.0. The van der Waals surface area contributed by atoms with Gasteiger partial charge in [-0.25, -0.2) is 0 Å². The standard InChI is InChI=1S/C5H12N.2C4H9O.C2H5S.Sn/c1-2-3-4-5-6;2*1-3-4(2)5;1-3-2;/h1-6H2;2*4H,3H2,1-2H3;1H2,2H3;/q;2*-1;;+2. The molecule has 0 radical (unpaired) electrons. The van der Waals surface area contributed by atoms with Crippen molar-refractivity contribution >= 4 is 32.9 Å². The van der Waals surface area contributed by atoms with Crippen LogP contribution < -0.4 is 15.9 Å². The van der Waals surface area contributed by atoms with Crippen molar-refractivity contribution in [2.24, 2.45) is 5.73 Å². The first-order valence-electron chi connectivity index (χ1n) is 7.67. The monoisotopic (exact) mass is 413 g/mol. The number of thioether (sulfide) groups is 1. The van der Waals surface area contributed by atoms with E-state index in [9.17, 15) is 10.2 Å². The van der Waals surface area contributed by atoms with Crippen LogP contribution in [0.2, 0.25) is 4.44 Å². The summed E-state index contributed by atoms with van der Waals surface area (Å²) >= 11 is 2.08. The molecule has 0 fully saturated rings. The zero-order valence-corrected chi connectivity index (χ0v) is 17.8. The Balaban J connectivity index is -0.000000244. The minimum absolute atomic E-state index is 0.0646. The SMILES string of the molecule is CCC(C)[O-].CCC(C)[O-].CS[CH2][Sn+2][CH2]CCCCN. The number of hydrogen-bond acceptors (Lipinski definition) is 4. The fourth-order valence-electron chi connectivity index (χ4n) is 0.745. The predicted molar refractivity (Wildman–Crippen MR) is 91.4 cm³/mol. The molecular formula is C15H35NO2SSn. The minimum atomic E-state index is -0.366. The van der Waals surface area contributed by atoms with E-state index < -0.39 is 0 Å². The Labute approximate surface area is 141 Å². The first-order valence-corrected chi connectivity index (χ1v) is 13.1. The fourth-order valence-corrected chi connectivity index (χ4v) is 5.50. The van der Waals surface area contributed by atoms with E-state index in [1.54, 1.807) is 18.3 Å². The quantitative estimate of drug-likeness (QED) is 0.464. The third-order valence-electron chi connectivity index (χ3n) is 2.45. The van der Waals surface area contributed by atoms with E-state index in [0.717, 1.165) is 19.4 Å². The van der Waals surface area contributed by atoms with Gasteiger partial charge in [0.2, 0.25) is 0 Å². The van der Waals surface area contributed by atoms with Crippen molar-refractivity contribution in [1.82, 2.24) is 0 Å². The van der Waals surface area contributed by atoms with Crippen LogP contribution in [0.25, 0.3) is 0 Å². The van der Waals surface area contributed by atoms with Crippen molar-refractivity contribution in [2.75, 3.05) is 16.6 Å². The Kier molecular flexibility index (Phi) is 32.5. The van der Waals surface area contributed by atoms with Gasteiger partial charge in [0.25, 0.3) is 0 Å². The van der Waals surface area contributed by atoms with Crippen molar-refractivity contribution < 1.29 is 10.2 Å². The maximum absolute atomic E-state index is 9.90. The molecule has 0 saturated heterocycles. The molecule has 3 nitrogen and oxygen atoms in total. The van der Waals surface area contributed by atoms with Crippen LogP contribution in [0, 0.1) is 0 Å². The average Bonchev–Trinajstić information content (AvgIpc) is 2.44. The van der Waals surface area contributed by atoms with Gasteiger partial charge in [0.15, 0.2) is 0 Å². The summed E-state index contributed by atoms with van der Waals surface area (Å²) in [6.07, 6.45) is 7.03. The van der Waals surface area contributed by atoms with Crippen molar-refractivity contribution in [3.05, 3.63) is 0 Å². The van der Waals surface area contributed by atoms with Crippen LogP contribution >= 0.6 is 11.8 Å². The molecule has 2 unspecified atom stereocenters. The molecule has 2 N–H and O–H groups in total. The van der Waals surface area contributed by atoms with E-state index in [0.29, 0.717) is 0 Å². The molecule has 0 aliphatic heterocycles. The molecule has 0 spiro atoms. The molecule has 0 bridgehead atoms. The summed E-state index contributed by atoms with van der Waals surface area (Å²) in [4.78, 5) is 0. The number of nitrogens with two attached hydrogens (primary N) is 1. The van der Waals surface area contributed by atoms with Gasteiger partial charge in [-0.1, -0.05) is 40.5 Å². The van der Waals surface area contributed by atoms with Gasteiger partial charge in [-0.15, -0.1) is 12.2 Å². The molecule has 0 heterocycles. The van der Waals surface area contributed by atoms with E-state index in [4.69, 9.17) is 5.73 Å². The Morgan fingerprint density at radius 1 is 1.00 bits per heavy atom. The summed E-state index contributed by atoms with van der Waals surface area (Å²) < 4.78 is 3.05. The molecule has 0 aromatic carbocycles. The molecule has 0 aromatic rings. The molecule has 2 atom stereocenters. The molecule has 122 valence electrons. The topological polar surface area (TPSA) is 72.1 Å². The second-order valence-corrected chi connectivity index (χ2v) is 10.9. The first kappa shape index (κ1) is 26.0. The van der Waals surface area contributed by atoms with E-state index >= 15 is 0 Å². The molecule has 5 heteroatoms. The summed E-state index contributed by atoms with van der Waals surface area (Å²) in [5, 5.41) is 19.8. The van der Waals surface area contributed by atoms with Crippen LogP contribution in [0.15, 0.2) is 0 Å². The maximum atomic E-state index is 9.90. The summed E-state index contributed by atoms with van der Waals surface area (Å²) in [6.45, 7) is 7.99. The van der Waals surface area contributed by atoms with Gasteiger partial charge in [-0.05, 0) is 0 Å². The molecule has 20 heavy (non-hydrogen) atoms. The van der Waals surface area contributed by atoms with Crippen LogP contribution in [0.3, 0.4) is 0 Å². The van der Waals surface area contributed by atoms with Gasteiger partial charge >= 0.3 is 78.9 Å². The fraction of sp³-hybridized carbons (Fsp3) is 1.00. The Hall–Kier alpha value is 1.03. The second-order valence-electron chi connectivity index (χ2n) is 4.72. The summed E-state index contributed by atoms with van der Waals surface area (Å²) in [7, 11) is 0. The van der Waals surface area contributed by atoms with Gasteiger partial charge in [0, 0.05) is 0 Å². The molecule has 0 amide bonds. The molecular weight excluding hydrogens is 377 g/mol. The number of unbranched alkanes of at least 4 members (excludes halogenated alkanes) is 2. The van der Waals surface area contributed by atoms with Gasteiger partial charge in [-0.3, -0.25) is 0 Å². The van der Waals surface area contributed by atoms with E-state index in [1.165, 1.54) is 23.0 Å². The summed E-state index contributed by atoms with van der Waals surface area (Å²) in [6, 6.07) is 0. The van der Waals surface area contributed by atoms with E-state index in [-0.39, 0.29) is 33.4 Å². The van der Waals surface area contributed by atoms with Crippen molar-refractivity contribution in [3.8, 4) is 0 Å². The zero-order chi connectivity index (χ0) is 16.2. The molecule has 0 rings (SSSR count). The molecule has 0 aliphatic rings. The van der Waals surface area contributed by atoms with Crippen LogP contribution in [0.1, 0.15) is 59.8 Å². The van der Waals surface area contributed by atoms with Crippen molar-refractivity contribution in [1.29, 1.82) is 0 Å².